The van der Waals surface area contributed by atoms with Crippen LogP contribution in [0.2, 0.25) is 0 Å². The van der Waals surface area contributed by atoms with Crippen molar-refractivity contribution < 1.29 is 9.59 Å². The fraction of sp³-hybridized carbons (Fsp3) is 0.200. The van der Waals surface area contributed by atoms with E-state index in [1.807, 2.05) is 0 Å². The number of hydrogen-bond donors (Lipinski definition) is 2. The summed E-state index contributed by atoms with van der Waals surface area (Å²) in [5.41, 5.74) is 5.75. The Morgan fingerprint density at radius 3 is 2.87 bits per heavy atom. The lowest BCUT2D eigenvalue weighted by Gasteiger charge is -2.24. The first-order valence-electron chi connectivity index (χ1n) is 6.94. The summed E-state index contributed by atoms with van der Waals surface area (Å²) < 4.78 is 1.48. The molecule has 23 heavy (non-hydrogen) atoms. The van der Waals surface area contributed by atoms with Gasteiger partial charge < -0.3 is 11.1 Å². The van der Waals surface area contributed by atoms with Crippen LogP contribution in [0.3, 0.4) is 0 Å². The molecule has 1 aromatic heterocycles. The van der Waals surface area contributed by atoms with Crippen molar-refractivity contribution in [3.05, 3.63) is 52.4 Å². The smallest absolute Gasteiger partial charge is 0.254 e. The fourth-order valence-corrected chi connectivity index (χ4v) is 3.41. The van der Waals surface area contributed by atoms with Crippen LogP contribution < -0.4 is 16.6 Å². The van der Waals surface area contributed by atoms with Crippen molar-refractivity contribution in [2.45, 2.75) is 11.7 Å². The fourth-order valence-electron chi connectivity index (χ4n) is 2.35. The number of thioether (sulfide) groups is 1. The molecule has 0 saturated heterocycles. The van der Waals surface area contributed by atoms with Crippen molar-refractivity contribution >= 4 is 29.3 Å². The van der Waals surface area contributed by atoms with Gasteiger partial charge in [-0.2, -0.15) is 0 Å². The maximum atomic E-state index is 12.5. The Hall–Kier alpha value is -2.61. The maximum Gasteiger partial charge on any atom is 0.254 e. The van der Waals surface area contributed by atoms with Gasteiger partial charge in [-0.05, 0) is 12.1 Å². The molecule has 1 unspecified atom stereocenters. The van der Waals surface area contributed by atoms with Crippen molar-refractivity contribution in [2.75, 3.05) is 11.1 Å². The number of nitrogens with two attached hydrogens (primary N) is 1. The minimum atomic E-state index is -0.607. The van der Waals surface area contributed by atoms with Gasteiger partial charge in [0.15, 0.2) is 5.16 Å². The van der Waals surface area contributed by atoms with Gasteiger partial charge in [0.1, 0.15) is 0 Å². The molecule has 7 nitrogen and oxygen atoms in total. The molecule has 118 valence electrons. The van der Waals surface area contributed by atoms with Crippen molar-refractivity contribution in [1.82, 2.24) is 9.55 Å². The van der Waals surface area contributed by atoms with Gasteiger partial charge in [-0.1, -0.05) is 23.9 Å². The van der Waals surface area contributed by atoms with Crippen LogP contribution in [0, 0.1) is 5.92 Å². The van der Waals surface area contributed by atoms with E-state index in [9.17, 15) is 14.4 Å². The van der Waals surface area contributed by atoms with E-state index >= 15 is 0 Å². The highest BCUT2D eigenvalue weighted by atomic mass is 32.2. The average Bonchev–Trinajstić information content (AvgIpc) is 2.55. The zero-order chi connectivity index (χ0) is 16.4. The highest BCUT2D eigenvalue weighted by molar-refractivity contribution is 7.99. The summed E-state index contributed by atoms with van der Waals surface area (Å²) in [6.07, 6.45) is 1.46. The number of para-hydroxylation sites is 1. The Balaban J connectivity index is 1.79. The van der Waals surface area contributed by atoms with E-state index in [-0.39, 0.29) is 23.6 Å². The van der Waals surface area contributed by atoms with E-state index in [0.29, 0.717) is 16.6 Å². The summed E-state index contributed by atoms with van der Waals surface area (Å²) in [4.78, 5) is 39.8. The lowest BCUT2D eigenvalue weighted by Crippen LogP contribution is -2.36. The first-order chi connectivity index (χ1) is 11.1. The molecule has 2 amide bonds. The van der Waals surface area contributed by atoms with Crippen LogP contribution in [0.15, 0.2) is 46.5 Å². The number of rotatable bonds is 3. The van der Waals surface area contributed by atoms with Gasteiger partial charge in [0.05, 0.1) is 17.2 Å². The third kappa shape index (κ3) is 3.11. The quantitative estimate of drug-likeness (QED) is 0.806. The maximum absolute atomic E-state index is 12.5. The molecule has 0 saturated carbocycles. The molecule has 2 aromatic rings. The minimum Gasteiger partial charge on any atom is -0.366 e. The van der Waals surface area contributed by atoms with Gasteiger partial charge in [0, 0.05) is 24.6 Å². The number of amides is 2. The number of anilines is 1. The van der Waals surface area contributed by atoms with E-state index in [2.05, 4.69) is 10.3 Å². The molecule has 1 atom stereocenters. The Kier molecular flexibility index (Phi) is 4.16. The summed E-state index contributed by atoms with van der Waals surface area (Å²) in [6, 6.07) is 7.93. The van der Waals surface area contributed by atoms with E-state index in [0.717, 1.165) is 0 Å². The zero-order valence-electron chi connectivity index (χ0n) is 12.1. The third-order valence-electron chi connectivity index (χ3n) is 3.54. The van der Waals surface area contributed by atoms with Crippen LogP contribution in [0.4, 0.5) is 5.69 Å². The van der Waals surface area contributed by atoms with Crippen LogP contribution in [0.1, 0.15) is 10.4 Å². The molecule has 0 radical (unpaired) electrons. The summed E-state index contributed by atoms with van der Waals surface area (Å²) in [7, 11) is 0. The lowest BCUT2D eigenvalue weighted by molar-refractivity contribution is -0.119. The first-order valence-corrected chi connectivity index (χ1v) is 7.93. The number of nitrogens with one attached hydrogen (secondary N) is 1. The van der Waals surface area contributed by atoms with Crippen LogP contribution in [-0.4, -0.2) is 27.1 Å². The van der Waals surface area contributed by atoms with Crippen LogP contribution in [0.5, 0.6) is 0 Å². The molecule has 2 heterocycles. The molecular weight excluding hydrogens is 316 g/mol. The number of benzene rings is 1. The summed E-state index contributed by atoms with van der Waals surface area (Å²) >= 11 is 1.36. The van der Waals surface area contributed by atoms with Gasteiger partial charge in [-0.25, -0.2) is 4.98 Å². The van der Waals surface area contributed by atoms with Crippen molar-refractivity contribution in [3.8, 4) is 0 Å². The third-order valence-corrected chi connectivity index (χ3v) is 4.69. The highest BCUT2D eigenvalue weighted by Gasteiger charge is 2.27. The molecular formula is C15H14N4O3S. The predicted octanol–water partition coefficient (Wildman–Crippen LogP) is 0.703. The van der Waals surface area contributed by atoms with Crippen molar-refractivity contribution in [2.24, 2.45) is 11.7 Å². The molecule has 0 fully saturated rings. The number of fused-ring (bicyclic) bond motifs is 1. The van der Waals surface area contributed by atoms with Gasteiger partial charge in [0.2, 0.25) is 5.91 Å². The first kappa shape index (κ1) is 15.3. The second-order valence-corrected chi connectivity index (χ2v) is 6.07. The highest BCUT2D eigenvalue weighted by Crippen LogP contribution is 2.26. The topological polar surface area (TPSA) is 107 Å². The number of carbonyl (C=O) groups excluding carboxylic acids is 2. The van der Waals surface area contributed by atoms with Gasteiger partial charge >= 0.3 is 0 Å². The second kappa shape index (κ2) is 6.25. The van der Waals surface area contributed by atoms with Crippen LogP contribution in [-0.2, 0) is 11.3 Å². The zero-order valence-corrected chi connectivity index (χ0v) is 12.9. The monoisotopic (exact) mass is 330 g/mol. The van der Waals surface area contributed by atoms with Crippen LogP contribution in [0.25, 0.3) is 0 Å². The van der Waals surface area contributed by atoms with E-state index < -0.39 is 11.8 Å². The van der Waals surface area contributed by atoms with Crippen LogP contribution >= 0.6 is 11.8 Å². The lowest BCUT2D eigenvalue weighted by atomic mass is 10.1. The molecule has 3 N–H and O–H groups in total. The van der Waals surface area contributed by atoms with E-state index in [1.54, 1.807) is 24.3 Å². The Labute approximate surface area is 135 Å². The number of hydrogen-bond acceptors (Lipinski definition) is 5. The molecule has 0 bridgehead atoms. The molecule has 1 aromatic carbocycles. The minimum absolute atomic E-state index is 0.183. The number of nitrogens with zero attached hydrogens (tertiary/aromatic N) is 2. The Morgan fingerprint density at radius 1 is 1.30 bits per heavy atom. The van der Waals surface area contributed by atoms with Gasteiger partial charge in [-0.3, -0.25) is 19.0 Å². The Bertz CT molecular complexity index is 833. The van der Waals surface area contributed by atoms with E-state index in [1.165, 1.54) is 28.6 Å². The SMILES string of the molecule is NC(=O)c1ccccc1NC(=O)C1CSc2nccc(=O)n2C1. The molecule has 1 aliphatic heterocycles. The molecule has 1 aliphatic rings. The summed E-state index contributed by atoms with van der Waals surface area (Å²) in [6.45, 7) is 0.263. The summed E-state index contributed by atoms with van der Waals surface area (Å²) in [5, 5.41) is 3.33. The van der Waals surface area contributed by atoms with Gasteiger partial charge in [-0.15, -0.1) is 0 Å². The Morgan fingerprint density at radius 2 is 2.09 bits per heavy atom. The predicted molar refractivity (Wildman–Crippen MR) is 86.3 cm³/mol. The largest absolute Gasteiger partial charge is 0.366 e. The normalized spacial score (nSPS) is 16.4. The molecule has 3 rings (SSSR count). The van der Waals surface area contributed by atoms with Gasteiger partial charge in [0.25, 0.3) is 11.5 Å². The van der Waals surface area contributed by atoms with E-state index in [4.69, 9.17) is 5.73 Å². The second-order valence-electron chi connectivity index (χ2n) is 5.08. The average molecular weight is 330 g/mol. The standard InChI is InChI=1S/C15H14N4O3S/c16-13(21)10-3-1-2-4-11(10)18-14(22)9-7-19-12(20)5-6-17-15(19)23-8-9/h1-6,9H,7-8H2,(H2,16,21)(H,18,22). The number of aromatic nitrogens is 2. The summed E-state index contributed by atoms with van der Waals surface area (Å²) in [5.74, 6) is -0.742. The number of carbonyl (C=O) groups is 2. The molecule has 8 heteroatoms. The molecule has 0 spiro atoms. The molecule has 0 aliphatic carbocycles. The number of primary amides is 1. The van der Waals surface area contributed by atoms with Crippen molar-refractivity contribution in [3.63, 3.8) is 0 Å². The van der Waals surface area contributed by atoms with Crippen molar-refractivity contribution in [1.29, 1.82) is 0 Å².